The number of nitrogens with zero attached hydrogens (tertiary/aromatic N) is 1. The van der Waals surface area contributed by atoms with E-state index >= 15 is 0 Å². The van der Waals surface area contributed by atoms with Crippen molar-refractivity contribution in [3.05, 3.63) is 64.7 Å². The molecule has 0 aliphatic carbocycles. The molecular weight excluding hydrogens is 322 g/mol. The number of carboxylic acids is 1. The van der Waals surface area contributed by atoms with Crippen LogP contribution in [0.2, 0.25) is 0 Å². The van der Waals surface area contributed by atoms with Gasteiger partial charge in [-0.1, -0.05) is 30.3 Å². The molecule has 0 radical (unpaired) electrons. The third-order valence-electron chi connectivity index (χ3n) is 4.23. The number of carboxylic acid groups (broad SMARTS) is 1. The van der Waals surface area contributed by atoms with Gasteiger partial charge in [0.25, 0.3) is 0 Å². The van der Waals surface area contributed by atoms with Crippen LogP contribution in [0.25, 0.3) is 0 Å². The Morgan fingerprint density at radius 1 is 1.16 bits per heavy atom. The number of ether oxygens (including phenoxy) is 2. The maximum Gasteiger partial charge on any atom is 0.410 e. The van der Waals surface area contributed by atoms with Crippen LogP contribution in [-0.2, 0) is 24.3 Å². The molecule has 0 saturated carbocycles. The lowest BCUT2D eigenvalue weighted by molar-refractivity contribution is 0.0693. The van der Waals surface area contributed by atoms with E-state index in [1.54, 1.807) is 17.0 Å². The van der Waals surface area contributed by atoms with Crippen molar-refractivity contribution in [3.8, 4) is 5.75 Å². The van der Waals surface area contributed by atoms with Gasteiger partial charge in [-0.3, -0.25) is 0 Å². The van der Waals surface area contributed by atoms with Gasteiger partial charge in [0.2, 0.25) is 0 Å². The Hall–Kier alpha value is -3.02. The fourth-order valence-corrected chi connectivity index (χ4v) is 2.89. The largest absolute Gasteiger partial charge is 0.496 e. The lowest BCUT2D eigenvalue weighted by Crippen LogP contribution is -2.36. The lowest BCUT2D eigenvalue weighted by atomic mass is 9.96. The Morgan fingerprint density at radius 2 is 1.92 bits per heavy atom. The number of rotatable bonds is 4. The van der Waals surface area contributed by atoms with Gasteiger partial charge in [0, 0.05) is 13.1 Å². The third kappa shape index (κ3) is 3.74. The summed E-state index contributed by atoms with van der Waals surface area (Å²) in [5, 5.41) is 9.30. The maximum atomic E-state index is 12.3. The molecule has 6 heteroatoms. The fourth-order valence-electron chi connectivity index (χ4n) is 2.89. The molecule has 1 amide bonds. The molecule has 0 fully saturated rings. The SMILES string of the molecule is COc1cc2c(cc1C(=O)O)CN(C(=O)OCc1ccccc1)CC2. The number of hydrogen-bond donors (Lipinski definition) is 1. The van der Waals surface area contributed by atoms with E-state index in [2.05, 4.69) is 0 Å². The number of hydrogen-bond acceptors (Lipinski definition) is 4. The average Bonchev–Trinajstić information content (AvgIpc) is 2.65. The number of aromatic carboxylic acids is 1. The molecule has 0 atom stereocenters. The molecule has 1 aliphatic rings. The Labute approximate surface area is 145 Å². The van der Waals surface area contributed by atoms with Crippen molar-refractivity contribution in [1.29, 1.82) is 0 Å². The smallest absolute Gasteiger partial charge is 0.410 e. The first-order valence-electron chi connectivity index (χ1n) is 7.97. The Bertz CT molecular complexity index is 788. The zero-order valence-electron chi connectivity index (χ0n) is 13.9. The molecule has 130 valence electrons. The van der Waals surface area contributed by atoms with Crippen LogP contribution >= 0.6 is 0 Å². The van der Waals surface area contributed by atoms with E-state index in [9.17, 15) is 14.7 Å². The number of methoxy groups -OCH3 is 1. The molecule has 6 nitrogen and oxygen atoms in total. The standard InChI is InChI=1S/C19H19NO5/c1-24-17-10-14-7-8-20(11-15(14)9-16(17)18(21)22)19(23)25-12-13-5-3-2-4-6-13/h2-6,9-10H,7-8,11-12H2,1H3,(H,21,22). The number of fused-ring (bicyclic) bond motifs is 1. The van der Waals surface area contributed by atoms with E-state index in [1.807, 2.05) is 30.3 Å². The van der Waals surface area contributed by atoms with Crippen molar-refractivity contribution in [1.82, 2.24) is 4.90 Å². The maximum absolute atomic E-state index is 12.3. The van der Waals surface area contributed by atoms with Crippen LogP contribution in [0, 0.1) is 0 Å². The van der Waals surface area contributed by atoms with Gasteiger partial charge in [-0.05, 0) is 35.2 Å². The highest BCUT2D eigenvalue weighted by molar-refractivity contribution is 5.91. The van der Waals surface area contributed by atoms with E-state index in [4.69, 9.17) is 9.47 Å². The molecule has 0 saturated heterocycles. The summed E-state index contributed by atoms with van der Waals surface area (Å²) in [6.45, 7) is 1.06. The van der Waals surface area contributed by atoms with Gasteiger partial charge >= 0.3 is 12.1 Å². The first-order chi connectivity index (χ1) is 12.1. The minimum atomic E-state index is -1.05. The van der Waals surface area contributed by atoms with Crippen LogP contribution in [0.1, 0.15) is 27.0 Å². The van der Waals surface area contributed by atoms with Gasteiger partial charge in [0.05, 0.1) is 7.11 Å². The van der Waals surface area contributed by atoms with Gasteiger partial charge in [0.1, 0.15) is 17.9 Å². The lowest BCUT2D eigenvalue weighted by Gasteiger charge is -2.28. The molecule has 0 aromatic heterocycles. The first kappa shape index (κ1) is 16.8. The van der Waals surface area contributed by atoms with Crippen molar-refractivity contribution in [2.24, 2.45) is 0 Å². The van der Waals surface area contributed by atoms with Gasteiger partial charge in [-0.15, -0.1) is 0 Å². The Morgan fingerprint density at radius 3 is 2.60 bits per heavy atom. The van der Waals surface area contributed by atoms with Crippen molar-refractivity contribution in [2.75, 3.05) is 13.7 Å². The summed E-state index contributed by atoms with van der Waals surface area (Å²) < 4.78 is 10.5. The van der Waals surface area contributed by atoms with Crippen LogP contribution in [0.4, 0.5) is 4.79 Å². The van der Waals surface area contributed by atoms with Crippen LogP contribution in [0.3, 0.4) is 0 Å². The fraction of sp³-hybridized carbons (Fsp3) is 0.263. The van der Waals surface area contributed by atoms with Gasteiger partial charge in [-0.25, -0.2) is 9.59 Å². The highest BCUT2D eigenvalue weighted by Gasteiger charge is 2.24. The molecule has 0 bridgehead atoms. The van der Waals surface area contributed by atoms with Gasteiger partial charge in [0.15, 0.2) is 0 Å². The van der Waals surface area contributed by atoms with Crippen molar-refractivity contribution in [2.45, 2.75) is 19.6 Å². The molecular formula is C19H19NO5. The minimum Gasteiger partial charge on any atom is -0.496 e. The van der Waals surface area contributed by atoms with E-state index < -0.39 is 12.1 Å². The minimum absolute atomic E-state index is 0.0979. The highest BCUT2D eigenvalue weighted by atomic mass is 16.6. The number of amides is 1. The highest BCUT2D eigenvalue weighted by Crippen LogP contribution is 2.28. The second kappa shape index (κ2) is 7.25. The first-order valence-corrected chi connectivity index (χ1v) is 7.97. The summed E-state index contributed by atoms with van der Waals surface area (Å²) in [6.07, 6.45) is 0.230. The van der Waals surface area contributed by atoms with E-state index in [0.717, 1.165) is 16.7 Å². The van der Waals surface area contributed by atoms with Crippen LogP contribution in [-0.4, -0.2) is 35.7 Å². The summed E-state index contributed by atoms with van der Waals surface area (Å²) in [5.41, 5.74) is 2.82. The molecule has 1 heterocycles. The average molecular weight is 341 g/mol. The number of carbonyl (C=O) groups is 2. The quantitative estimate of drug-likeness (QED) is 0.925. The van der Waals surface area contributed by atoms with Crippen LogP contribution in [0.5, 0.6) is 5.75 Å². The van der Waals surface area contributed by atoms with E-state index in [-0.39, 0.29) is 12.2 Å². The molecule has 2 aromatic carbocycles. The zero-order chi connectivity index (χ0) is 17.8. The summed E-state index contributed by atoms with van der Waals surface area (Å²) >= 11 is 0. The zero-order valence-corrected chi connectivity index (χ0v) is 13.9. The summed E-state index contributed by atoms with van der Waals surface area (Å²) in [7, 11) is 1.45. The molecule has 2 aromatic rings. The van der Waals surface area contributed by atoms with E-state index in [1.165, 1.54) is 7.11 Å². The summed E-state index contributed by atoms with van der Waals surface area (Å²) in [5.74, 6) is -0.713. The second-order valence-corrected chi connectivity index (χ2v) is 5.84. The summed E-state index contributed by atoms with van der Waals surface area (Å²) in [6, 6.07) is 12.8. The Kier molecular flexibility index (Phi) is 4.88. The molecule has 0 spiro atoms. The number of benzene rings is 2. The molecule has 25 heavy (non-hydrogen) atoms. The third-order valence-corrected chi connectivity index (χ3v) is 4.23. The molecule has 0 unspecified atom stereocenters. The van der Waals surface area contributed by atoms with Gasteiger partial charge < -0.3 is 19.5 Å². The van der Waals surface area contributed by atoms with Crippen molar-refractivity contribution < 1.29 is 24.2 Å². The second-order valence-electron chi connectivity index (χ2n) is 5.84. The topological polar surface area (TPSA) is 76.1 Å². The Balaban J connectivity index is 1.70. The van der Waals surface area contributed by atoms with Crippen LogP contribution in [0.15, 0.2) is 42.5 Å². The number of carbonyl (C=O) groups excluding carboxylic acids is 1. The normalized spacial score (nSPS) is 13.1. The predicted molar refractivity (Wildman–Crippen MR) is 90.7 cm³/mol. The molecule has 1 aliphatic heterocycles. The van der Waals surface area contributed by atoms with Crippen molar-refractivity contribution >= 4 is 12.1 Å². The predicted octanol–water partition coefficient (Wildman–Crippen LogP) is 3.09. The van der Waals surface area contributed by atoms with Gasteiger partial charge in [-0.2, -0.15) is 0 Å². The van der Waals surface area contributed by atoms with Crippen LogP contribution < -0.4 is 4.74 Å². The molecule has 1 N–H and O–H groups in total. The summed E-state index contributed by atoms with van der Waals surface area (Å²) in [4.78, 5) is 25.2. The monoisotopic (exact) mass is 341 g/mol. The van der Waals surface area contributed by atoms with E-state index in [0.29, 0.717) is 25.3 Å². The molecule has 3 rings (SSSR count). The van der Waals surface area contributed by atoms with Crippen molar-refractivity contribution in [3.63, 3.8) is 0 Å².